The van der Waals surface area contributed by atoms with Gasteiger partial charge in [-0.2, -0.15) is 0 Å². The summed E-state index contributed by atoms with van der Waals surface area (Å²) in [5.41, 5.74) is 8.36. The van der Waals surface area contributed by atoms with Gasteiger partial charge in [-0.3, -0.25) is 0 Å². The number of aryl methyl sites for hydroxylation is 1. The molecule has 0 amide bonds. The van der Waals surface area contributed by atoms with Gasteiger partial charge in [0.15, 0.2) is 0 Å². The Morgan fingerprint density at radius 2 is 1.38 bits per heavy atom. The summed E-state index contributed by atoms with van der Waals surface area (Å²) in [4.78, 5) is 10.9. The number of hydrogen-bond donors (Lipinski definition) is 2. The molecular formula is C23H37NO2. The first kappa shape index (κ1) is 22.4. The number of carboxylic acids is 1. The fourth-order valence-electron chi connectivity index (χ4n) is 3.19. The Kier molecular flexibility index (Phi) is 11.7. The number of unbranched alkanes of at least 4 members (excludes halogenated alkanes) is 9. The molecule has 1 aromatic rings. The molecule has 0 fully saturated rings. The number of carbonyl (C=O) groups is 1. The zero-order chi connectivity index (χ0) is 19.2. The maximum Gasteiger partial charge on any atom is 0.332 e. The molecule has 0 heterocycles. The number of aliphatic carboxylic acids is 1. The molecule has 1 atom stereocenters. The highest BCUT2D eigenvalue weighted by Crippen LogP contribution is 2.14. The molecule has 3 heteroatoms. The van der Waals surface area contributed by atoms with Crippen molar-refractivity contribution in [3.8, 4) is 0 Å². The second-order valence-corrected chi connectivity index (χ2v) is 7.39. The van der Waals surface area contributed by atoms with Crippen LogP contribution < -0.4 is 5.73 Å². The summed E-state index contributed by atoms with van der Waals surface area (Å²) in [5, 5.41) is 8.92. The van der Waals surface area contributed by atoms with Gasteiger partial charge in [-0.05, 0) is 30.4 Å². The first-order valence-electron chi connectivity index (χ1n) is 10.3. The minimum Gasteiger partial charge on any atom is -0.478 e. The van der Waals surface area contributed by atoms with Crippen LogP contribution in [0.15, 0.2) is 36.4 Å². The maximum atomic E-state index is 10.9. The highest BCUT2D eigenvalue weighted by molar-refractivity contribution is 5.87. The van der Waals surface area contributed by atoms with E-state index in [2.05, 4.69) is 37.8 Å². The molecule has 1 aromatic carbocycles. The van der Waals surface area contributed by atoms with Gasteiger partial charge in [-0.15, -0.1) is 0 Å². The molecule has 0 bridgehead atoms. The predicted octanol–water partition coefficient (Wildman–Crippen LogP) is 5.66. The highest BCUT2D eigenvalue weighted by Gasteiger charge is 2.14. The van der Waals surface area contributed by atoms with Gasteiger partial charge in [0.2, 0.25) is 0 Å². The van der Waals surface area contributed by atoms with Crippen LogP contribution in [0.4, 0.5) is 0 Å². The fraction of sp³-hybridized carbons (Fsp3) is 0.609. The standard InChI is InChI=1S/C23H37NO2/c1-3-4-5-6-7-8-9-10-11-12-13-20-14-16-21(17-15-20)18-22(24)19(2)23(25)26/h14-17,22H,2-13,18,24H2,1H3,(H,25,26). The van der Waals surface area contributed by atoms with E-state index in [9.17, 15) is 4.79 Å². The number of hydrogen-bond acceptors (Lipinski definition) is 2. The Bertz CT molecular complexity index is 522. The summed E-state index contributed by atoms with van der Waals surface area (Å²) in [6.45, 7) is 5.80. The van der Waals surface area contributed by atoms with Gasteiger partial charge in [-0.25, -0.2) is 4.79 Å². The molecule has 0 aromatic heterocycles. The SMILES string of the molecule is C=C(C(=O)O)C(N)Cc1ccc(CCCCCCCCCCCC)cc1. The average Bonchev–Trinajstić information content (AvgIpc) is 2.63. The molecule has 0 saturated carbocycles. The van der Waals surface area contributed by atoms with Gasteiger partial charge in [-0.1, -0.05) is 95.6 Å². The van der Waals surface area contributed by atoms with Gasteiger partial charge in [0.05, 0.1) is 0 Å². The third-order valence-electron chi connectivity index (χ3n) is 5.02. The van der Waals surface area contributed by atoms with Crippen molar-refractivity contribution in [1.82, 2.24) is 0 Å². The lowest BCUT2D eigenvalue weighted by Crippen LogP contribution is -2.28. The number of benzene rings is 1. The third kappa shape index (κ3) is 9.76. The van der Waals surface area contributed by atoms with E-state index in [1.54, 1.807) is 0 Å². The summed E-state index contributed by atoms with van der Waals surface area (Å²) in [6.07, 6.45) is 15.2. The maximum absolute atomic E-state index is 10.9. The molecule has 0 spiro atoms. The first-order valence-corrected chi connectivity index (χ1v) is 10.3. The normalized spacial score (nSPS) is 12.1. The van der Waals surface area contributed by atoms with Crippen LogP contribution in [-0.2, 0) is 17.6 Å². The number of rotatable bonds is 15. The van der Waals surface area contributed by atoms with E-state index >= 15 is 0 Å². The Labute approximate surface area is 159 Å². The second kappa shape index (κ2) is 13.6. The molecule has 146 valence electrons. The second-order valence-electron chi connectivity index (χ2n) is 7.39. The smallest absolute Gasteiger partial charge is 0.332 e. The van der Waals surface area contributed by atoms with E-state index in [4.69, 9.17) is 10.8 Å². The molecule has 0 saturated heterocycles. The Morgan fingerprint density at radius 3 is 1.88 bits per heavy atom. The number of carboxylic acid groups (broad SMARTS) is 1. The van der Waals surface area contributed by atoms with Crippen molar-refractivity contribution in [2.24, 2.45) is 5.73 Å². The fourth-order valence-corrected chi connectivity index (χ4v) is 3.19. The van der Waals surface area contributed by atoms with Gasteiger partial charge < -0.3 is 10.8 Å². The molecule has 0 aliphatic heterocycles. The molecule has 1 rings (SSSR count). The summed E-state index contributed by atoms with van der Waals surface area (Å²) >= 11 is 0. The van der Waals surface area contributed by atoms with Crippen LogP contribution in [0.5, 0.6) is 0 Å². The molecule has 26 heavy (non-hydrogen) atoms. The summed E-state index contributed by atoms with van der Waals surface area (Å²) in [6, 6.07) is 7.86. The van der Waals surface area contributed by atoms with Crippen molar-refractivity contribution in [1.29, 1.82) is 0 Å². The van der Waals surface area contributed by atoms with E-state index in [0.29, 0.717) is 6.42 Å². The van der Waals surface area contributed by atoms with Crippen molar-refractivity contribution in [3.63, 3.8) is 0 Å². The Hall–Kier alpha value is -1.61. The van der Waals surface area contributed by atoms with E-state index < -0.39 is 12.0 Å². The van der Waals surface area contributed by atoms with E-state index in [-0.39, 0.29) is 5.57 Å². The average molecular weight is 360 g/mol. The molecular weight excluding hydrogens is 322 g/mol. The van der Waals surface area contributed by atoms with Crippen LogP contribution >= 0.6 is 0 Å². The van der Waals surface area contributed by atoms with Crippen molar-refractivity contribution >= 4 is 5.97 Å². The van der Waals surface area contributed by atoms with E-state index in [1.165, 1.54) is 69.8 Å². The Balaban J connectivity index is 2.13. The molecule has 1 unspecified atom stereocenters. The molecule has 3 N–H and O–H groups in total. The van der Waals surface area contributed by atoms with Crippen molar-refractivity contribution in [2.75, 3.05) is 0 Å². The zero-order valence-corrected chi connectivity index (χ0v) is 16.5. The van der Waals surface area contributed by atoms with Gasteiger partial charge in [0.25, 0.3) is 0 Å². The van der Waals surface area contributed by atoms with Crippen LogP contribution in [-0.4, -0.2) is 17.1 Å². The monoisotopic (exact) mass is 359 g/mol. The summed E-state index contributed by atoms with van der Waals surface area (Å²) < 4.78 is 0. The molecule has 0 aliphatic rings. The quantitative estimate of drug-likeness (QED) is 0.314. The lowest BCUT2D eigenvalue weighted by molar-refractivity contribution is -0.132. The number of nitrogens with two attached hydrogens (primary N) is 1. The van der Waals surface area contributed by atoms with E-state index in [0.717, 1.165) is 12.0 Å². The minimum atomic E-state index is -1.02. The summed E-state index contributed by atoms with van der Waals surface area (Å²) in [7, 11) is 0. The molecule has 3 nitrogen and oxygen atoms in total. The summed E-state index contributed by atoms with van der Waals surface area (Å²) in [5.74, 6) is -1.02. The van der Waals surface area contributed by atoms with Crippen LogP contribution in [0.25, 0.3) is 0 Å². The van der Waals surface area contributed by atoms with Crippen molar-refractivity contribution < 1.29 is 9.90 Å². The zero-order valence-electron chi connectivity index (χ0n) is 16.5. The van der Waals surface area contributed by atoms with E-state index in [1.807, 2.05) is 0 Å². The van der Waals surface area contributed by atoms with Gasteiger partial charge in [0.1, 0.15) is 0 Å². The van der Waals surface area contributed by atoms with Gasteiger partial charge >= 0.3 is 5.97 Å². The lowest BCUT2D eigenvalue weighted by atomic mass is 9.98. The Morgan fingerprint density at radius 1 is 0.923 bits per heavy atom. The topological polar surface area (TPSA) is 63.3 Å². The van der Waals surface area contributed by atoms with Crippen LogP contribution in [0.3, 0.4) is 0 Å². The highest BCUT2D eigenvalue weighted by atomic mass is 16.4. The minimum absolute atomic E-state index is 0.0689. The van der Waals surface area contributed by atoms with Gasteiger partial charge in [0, 0.05) is 11.6 Å². The molecule has 0 aliphatic carbocycles. The van der Waals surface area contributed by atoms with Crippen LogP contribution in [0, 0.1) is 0 Å². The van der Waals surface area contributed by atoms with Crippen molar-refractivity contribution in [3.05, 3.63) is 47.5 Å². The third-order valence-corrected chi connectivity index (χ3v) is 5.02. The van der Waals surface area contributed by atoms with Crippen LogP contribution in [0.2, 0.25) is 0 Å². The van der Waals surface area contributed by atoms with Crippen LogP contribution in [0.1, 0.15) is 82.3 Å². The molecule has 0 radical (unpaired) electrons. The van der Waals surface area contributed by atoms with Crippen molar-refractivity contribution in [2.45, 2.75) is 90.0 Å². The predicted molar refractivity (Wildman–Crippen MR) is 110 cm³/mol. The lowest BCUT2D eigenvalue weighted by Gasteiger charge is -2.12. The first-order chi connectivity index (χ1) is 12.5. The largest absolute Gasteiger partial charge is 0.478 e.